The third kappa shape index (κ3) is 2.36. The lowest BCUT2D eigenvalue weighted by Crippen LogP contribution is -2.43. The molecule has 13 heteroatoms. The normalized spacial score (nSPS) is 31.8. The van der Waals surface area contributed by atoms with Gasteiger partial charge in [0.05, 0.1) is 0 Å². The van der Waals surface area contributed by atoms with Crippen molar-refractivity contribution in [3.63, 3.8) is 0 Å². The van der Waals surface area contributed by atoms with Crippen LogP contribution in [0.15, 0.2) is 15.9 Å². The highest BCUT2D eigenvalue weighted by Crippen LogP contribution is 2.43. The van der Waals surface area contributed by atoms with Crippen LogP contribution in [0.4, 0.5) is 4.39 Å². The molecule has 5 N–H and O–H groups in total. The zero-order valence-corrected chi connectivity index (χ0v) is 12.4. The van der Waals surface area contributed by atoms with Gasteiger partial charge in [0.25, 0.3) is 5.56 Å². The minimum Gasteiger partial charge on any atom is -0.387 e. The lowest BCUT2D eigenvalue weighted by molar-refractivity contribution is -0.240. The molecule has 0 bridgehead atoms. The number of ether oxygens (including phenoxy) is 1. The zero-order valence-electron chi connectivity index (χ0n) is 10.9. The van der Waals surface area contributed by atoms with Crippen molar-refractivity contribution in [2.24, 2.45) is 0 Å². The zero-order chi connectivity index (χ0) is 17.2. The number of fused-ring (bicyclic) bond motifs is 1. The highest BCUT2D eigenvalue weighted by molar-refractivity contribution is 6.47. The van der Waals surface area contributed by atoms with Crippen molar-refractivity contribution in [1.29, 1.82) is 0 Å². The lowest BCUT2D eigenvalue weighted by atomic mass is 10.1. The number of nitrogens with zero attached hydrogens (tertiary/aromatic N) is 2. The number of aromatic amines is 2. The van der Waals surface area contributed by atoms with Crippen LogP contribution in [0.25, 0.3) is 11.2 Å². The first-order chi connectivity index (χ1) is 10.6. The number of aliphatic hydroxyl groups is 3. The Balaban J connectivity index is 2.18. The third-order valence-electron chi connectivity index (χ3n) is 3.40. The molecule has 10 nitrogen and oxygen atoms in total. The topological polar surface area (TPSA) is 153 Å². The Morgan fingerprint density at radius 2 is 2.04 bits per heavy atom. The van der Waals surface area contributed by atoms with E-state index in [1.54, 1.807) is 0 Å². The van der Waals surface area contributed by atoms with Crippen LogP contribution in [-0.2, 0) is 10.7 Å². The van der Waals surface area contributed by atoms with Gasteiger partial charge in [-0.3, -0.25) is 19.3 Å². The second-order valence-corrected chi connectivity index (χ2v) is 6.24. The molecule has 0 radical (unpaired) electrons. The number of aliphatic hydroxyl groups excluding tert-OH is 2. The van der Waals surface area contributed by atoms with Gasteiger partial charge in [-0.2, -0.15) is 4.39 Å². The average Bonchev–Trinajstić information content (AvgIpc) is 2.94. The van der Waals surface area contributed by atoms with Crippen LogP contribution in [-0.4, -0.2) is 57.7 Å². The fourth-order valence-electron chi connectivity index (χ4n) is 2.34. The summed E-state index contributed by atoms with van der Waals surface area (Å²) in [6.07, 6.45) is -5.42. The van der Waals surface area contributed by atoms with Gasteiger partial charge < -0.3 is 20.1 Å². The van der Waals surface area contributed by atoms with Crippen LogP contribution in [0.1, 0.15) is 0 Å². The molecule has 0 aromatic carbocycles. The van der Waals surface area contributed by atoms with Gasteiger partial charge in [-0.25, -0.2) is 9.78 Å². The van der Waals surface area contributed by atoms with Crippen LogP contribution in [0.2, 0.25) is 0 Å². The number of rotatable bonds is 2. The van der Waals surface area contributed by atoms with Gasteiger partial charge in [-0.05, 0) is 0 Å². The first kappa shape index (κ1) is 16.4. The molecule has 2 aromatic heterocycles. The summed E-state index contributed by atoms with van der Waals surface area (Å²) < 4.78 is 17.7. The Morgan fingerprint density at radius 3 is 2.61 bits per heavy atom. The number of imidazole rings is 1. The predicted octanol–water partition coefficient (Wildman–Crippen LogP) is -1.76. The van der Waals surface area contributed by atoms with Crippen LogP contribution >= 0.6 is 23.2 Å². The number of hydrogen-bond acceptors (Lipinski definition) is 7. The van der Waals surface area contributed by atoms with Crippen LogP contribution in [0.3, 0.4) is 0 Å². The predicted molar refractivity (Wildman–Crippen MR) is 73.6 cm³/mol. The average molecular weight is 371 g/mol. The van der Waals surface area contributed by atoms with Gasteiger partial charge in [0, 0.05) is 0 Å². The molecule has 0 aliphatic carbocycles. The maximum absolute atomic E-state index is 15.1. The lowest BCUT2D eigenvalue weighted by Gasteiger charge is -2.25. The molecule has 1 fully saturated rings. The standard InChI is InChI=1S/C10H9Cl2FN4O6/c11-9(12,22)5-3(18)4(19)10(13,23-5)17-1-14-2-6(17)15-8(21)16-7(2)20/h1,3-5,18-19,22H,(H2,15,16,20,21)/t3-,4+,5-,10-/m0/s1. The quantitative estimate of drug-likeness (QED) is 0.392. The summed E-state index contributed by atoms with van der Waals surface area (Å²) in [6, 6.07) is 0. The molecule has 3 rings (SSSR count). The summed E-state index contributed by atoms with van der Waals surface area (Å²) in [7, 11) is 0. The first-order valence-electron chi connectivity index (χ1n) is 6.09. The minimum absolute atomic E-state index is 0.345. The number of aromatic nitrogens is 4. The van der Waals surface area contributed by atoms with Gasteiger partial charge in [0.1, 0.15) is 18.5 Å². The van der Waals surface area contributed by atoms with E-state index in [0.29, 0.717) is 4.57 Å². The van der Waals surface area contributed by atoms with E-state index >= 15 is 4.39 Å². The van der Waals surface area contributed by atoms with Crippen LogP contribution in [0.5, 0.6) is 0 Å². The molecule has 2 aromatic rings. The molecule has 0 amide bonds. The maximum Gasteiger partial charge on any atom is 0.327 e. The molecule has 126 valence electrons. The molecule has 1 aliphatic heterocycles. The smallest absolute Gasteiger partial charge is 0.327 e. The molecule has 0 unspecified atom stereocenters. The molecular weight excluding hydrogens is 362 g/mol. The van der Waals surface area contributed by atoms with Crippen LogP contribution < -0.4 is 11.2 Å². The number of halogens is 3. The van der Waals surface area contributed by atoms with Gasteiger partial charge >= 0.3 is 11.7 Å². The summed E-state index contributed by atoms with van der Waals surface area (Å²) in [5.41, 5.74) is -2.62. The molecule has 3 heterocycles. The highest BCUT2D eigenvalue weighted by Gasteiger charge is 2.62. The second kappa shape index (κ2) is 5.00. The van der Waals surface area contributed by atoms with E-state index in [2.05, 4.69) is 9.97 Å². The van der Waals surface area contributed by atoms with Crippen molar-refractivity contribution < 1.29 is 24.4 Å². The van der Waals surface area contributed by atoms with Crippen molar-refractivity contribution in [2.45, 2.75) is 28.8 Å². The van der Waals surface area contributed by atoms with E-state index in [9.17, 15) is 24.9 Å². The van der Waals surface area contributed by atoms with Gasteiger partial charge in [-0.1, -0.05) is 23.2 Å². The maximum atomic E-state index is 15.1. The number of nitrogens with one attached hydrogen (secondary N) is 2. The summed E-state index contributed by atoms with van der Waals surface area (Å²) in [5, 5.41) is 29.2. The van der Waals surface area contributed by atoms with E-state index in [0.717, 1.165) is 6.33 Å². The van der Waals surface area contributed by atoms with Crippen molar-refractivity contribution >= 4 is 34.4 Å². The highest BCUT2D eigenvalue weighted by atomic mass is 35.5. The van der Waals surface area contributed by atoms with E-state index in [1.807, 2.05) is 4.98 Å². The minimum atomic E-state index is -3.20. The fourth-order valence-corrected chi connectivity index (χ4v) is 2.68. The summed E-state index contributed by atoms with van der Waals surface area (Å²) in [5.74, 6) is -3.20. The molecule has 0 saturated carbocycles. The summed E-state index contributed by atoms with van der Waals surface area (Å²) in [6.45, 7) is 0. The Morgan fingerprint density at radius 1 is 1.39 bits per heavy atom. The number of H-pyrrole nitrogens is 2. The number of alkyl halides is 3. The number of hydrogen-bond donors (Lipinski definition) is 5. The van der Waals surface area contributed by atoms with E-state index < -0.39 is 45.7 Å². The Labute approximate surface area is 135 Å². The van der Waals surface area contributed by atoms with Gasteiger partial charge in [-0.15, -0.1) is 0 Å². The molecule has 23 heavy (non-hydrogen) atoms. The summed E-state index contributed by atoms with van der Waals surface area (Å²) >= 11 is 10.8. The van der Waals surface area contributed by atoms with E-state index in [-0.39, 0.29) is 5.52 Å². The van der Waals surface area contributed by atoms with Crippen molar-refractivity contribution in [3.8, 4) is 0 Å². The fraction of sp³-hybridized carbons (Fsp3) is 0.500. The van der Waals surface area contributed by atoms with E-state index in [1.165, 1.54) is 0 Å². The molecule has 0 spiro atoms. The van der Waals surface area contributed by atoms with Crippen molar-refractivity contribution in [3.05, 3.63) is 27.2 Å². The van der Waals surface area contributed by atoms with Crippen molar-refractivity contribution in [2.75, 3.05) is 0 Å². The summed E-state index contributed by atoms with van der Waals surface area (Å²) in [4.78, 5) is 30.5. The Hall–Kier alpha value is -1.50. The monoisotopic (exact) mass is 370 g/mol. The van der Waals surface area contributed by atoms with Gasteiger partial charge in [0.2, 0.25) is 4.52 Å². The largest absolute Gasteiger partial charge is 0.387 e. The molecule has 1 aliphatic rings. The SMILES string of the molecule is O=c1[nH]c(=O)c2ncn([C@]3(F)O[C@H](C(O)(Cl)Cl)[C@@H](O)[C@H]3O)c2[nH]1. The Bertz CT molecular complexity index is 875. The molecule has 1 saturated heterocycles. The van der Waals surface area contributed by atoms with Gasteiger partial charge in [0.15, 0.2) is 17.3 Å². The second-order valence-electron chi connectivity index (χ2n) is 4.89. The first-order valence-corrected chi connectivity index (χ1v) is 6.84. The van der Waals surface area contributed by atoms with Crippen molar-refractivity contribution in [1.82, 2.24) is 19.5 Å². The Kier molecular flexibility index (Phi) is 3.55. The third-order valence-corrected chi connectivity index (χ3v) is 3.83. The van der Waals surface area contributed by atoms with Crippen LogP contribution in [0, 0.1) is 0 Å². The molecular formula is C10H9Cl2FN4O6. The van der Waals surface area contributed by atoms with E-state index in [4.69, 9.17) is 27.9 Å². The molecule has 4 atom stereocenters.